The van der Waals surface area contributed by atoms with Gasteiger partial charge >= 0.3 is 12.3 Å². The van der Waals surface area contributed by atoms with Crippen LogP contribution in [0.3, 0.4) is 0 Å². The Hall–Kier alpha value is -2.81. The highest BCUT2D eigenvalue weighted by atomic mass is 19.4. The fraction of sp³-hybridized carbons (Fsp3) is 0.294. The van der Waals surface area contributed by atoms with E-state index in [2.05, 4.69) is 19.9 Å². The molecule has 0 spiro atoms. The zero-order valence-electron chi connectivity index (χ0n) is 13.6. The van der Waals surface area contributed by atoms with Gasteiger partial charge in [-0.1, -0.05) is 6.07 Å². The van der Waals surface area contributed by atoms with Gasteiger partial charge in [0.15, 0.2) is 0 Å². The molecule has 0 bridgehead atoms. The van der Waals surface area contributed by atoms with E-state index in [4.69, 9.17) is 5.90 Å². The third kappa shape index (κ3) is 4.05. The maximum Gasteiger partial charge on any atom is 0.573 e. The van der Waals surface area contributed by atoms with Crippen molar-refractivity contribution in [1.82, 2.24) is 4.98 Å². The van der Waals surface area contributed by atoms with Gasteiger partial charge in [0.1, 0.15) is 11.6 Å². The van der Waals surface area contributed by atoms with E-state index >= 15 is 0 Å². The molecule has 9 heteroatoms. The highest BCUT2D eigenvalue weighted by Gasteiger charge is 2.31. The minimum absolute atomic E-state index is 0.307. The third-order valence-corrected chi connectivity index (χ3v) is 4.06. The molecule has 1 aliphatic rings. The number of carbonyl (C=O) groups excluding carboxylic acids is 1. The number of fused-ring (bicyclic) bond motifs is 1. The number of alkyl halides is 3. The molecule has 1 aliphatic carbocycles. The molecule has 3 N–H and O–H groups in total. The van der Waals surface area contributed by atoms with Crippen molar-refractivity contribution in [1.29, 1.82) is 0 Å². The number of aromatic nitrogens is 1. The van der Waals surface area contributed by atoms with Crippen LogP contribution >= 0.6 is 0 Å². The molecule has 1 aromatic carbocycles. The number of halogens is 3. The molecule has 0 atom stereocenters. The summed E-state index contributed by atoms with van der Waals surface area (Å²) in [6, 6.07) is 5.48. The number of carbonyl (C=O) groups is 1. The standard InChI is InChI=1S/C17H16F3N3O3/c18-17(19,20)25-11-5-3-4-10(8-11)23-15-13-7-2-1-6-12(13)14(9-22-15)16(24)26-21/h3-5,8-9H,1-2,6-7,21H2,(H,22,23). The number of nitrogens with two attached hydrogens (primary N) is 1. The van der Waals surface area contributed by atoms with Crippen molar-refractivity contribution in [2.45, 2.75) is 32.0 Å². The minimum Gasteiger partial charge on any atom is -0.406 e. The summed E-state index contributed by atoms with van der Waals surface area (Å²) in [7, 11) is 0. The monoisotopic (exact) mass is 367 g/mol. The molecule has 1 aromatic heterocycles. The van der Waals surface area contributed by atoms with Gasteiger partial charge in [-0.3, -0.25) is 0 Å². The molecule has 0 aliphatic heterocycles. The van der Waals surface area contributed by atoms with Crippen molar-refractivity contribution in [2.75, 3.05) is 5.32 Å². The van der Waals surface area contributed by atoms with Crippen molar-refractivity contribution in [2.24, 2.45) is 5.90 Å². The molecular formula is C17H16F3N3O3. The van der Waals surface area contributed by atoms with Gasteiger partial charge in [0.2, 0.25) is 0 Å². The van der Waals surface area contributed by atoms with Crippen LogP contribution in [-0.2, 0) is 17.7 Å². The number of hydrogen-bond acceptors (Lipinski definition) is 6. The number of nitrogens with zero attached hydrogens (tertiary/aromatic N) is 1. The van der Waals surface area contributed by atoms with E-state index in [1.54, 1.807) is 6.07 Å². The average Bonchev–Trinajstić information content (AvgIpc) is 2.60. The fourth-order valence-electron chi connectivity index (χ4n) is 3.00. The van der Waals surface area contributed by atoms with Crippen LogP contribution < -0.4 is 16.0 Å². The Morgan fingerprint density at radius 1 is 1.19 bits per heavy atom. The molecule has 0 unspecified atom stereocenters. The van der Waals surface area contributed by atoms with Crippen LogP contribution in [0.1, 0.15) is 34.3 Å². The van der Waals surface area contributed by atoms with E-state index in [1.807, 2.05) is 0 Å². The second kappa shape index (κ2) is 7.20. The third-order valence-electron chi connectivity index (χ3n) is 4.06. The number of anilines is 2. The van der Waals surface area contributed by atoms with Gasteiger partial charge in [0, 0.05) is 18.0 Å². The molecule has 0 radical (unpaired) electrons. The maximum atomic E-state index is 12.4. The molecule has 0 saturated carbocycles. The van der Waals surface area contributed by atoms with Gasteiger partial charge in [-0.05, 0) is 48.9 Å². The lowest BCUT2D eigenvalue weighted by Crippen LogP contribution is -2.18. The second-order valence-corrected chi connectivity index (χ2v) is 5.79. The van der Waals surface area contributed by atoms with E-state index in [9.17, 15) is 18.0 Å². The first-order chi connectivity index (χ1) is 12.4. The van der Waals surface area contributed by atoms with Crippen LogP contribution in [0.15, 0.2) is 30.5 Å². The van der Waals surface area contributed by atoms with E-state index in [0.29, 0.717) is 29.9 Å². The summed E-state index contributed by atoms with van der Waals surface area (Å²) in [6.45, 7) is 0. The molecule has 26 heavy (non-hydrogen) atoms. The predicted octanol–water partition coefficient (Wildman–Crippen LogP) is 3.63. The zero-order chi connectivity index (χ0) is 18.7. The van der Waals surface area contributed by atoms with Gasteiger partial charge in [-0.25, -0.2) is 9.78 Å². The Labute approximate surface area is 147 Å². The SMILES string of the molecule is NOC(=O)c1cnc(Nc2cccc(OC(F)(F)F)c2)c2c1CCCC2. The lowest BCUT2D eigenvalue weighted by molar-refractivity contribution is -0.274. The van der Waals surface area contributed by atoms with Crippen molar-refractivity contribution in [3.63, 3.8) is 0 Å². The van der Waals surface area contributed by atoms with E-state index < -0.39 is 12.3 Å². The maximum absolute atomic E-state index is 12.4. The van der Waals surface area contributed by atoms with Gasteiger partial charge in [0.25, 0.3) is 0 Å². The summed E-state index contributed by atoms with van der Waals surface area (Å²) in [6.07, 6.45) is -0.209. The minimum atomic E-state index is -4.76. The highest BCUT2D eigenvalue weighted by Crippen LogP contribution is 2.32. The quantitative estimate of drug-likeness (QED) is 0.803. The Bertz CT molecular complexity index is 825. The van der Waals surface area contributed by atoms with E-state index in [1.165, 1.54) is 24.4 Å². The van der Waals surface area contributed by atoms with Crippen LogP contribution in [0.2, 0.25) is 0 Å². The molecular weight excluding hydrogens is 351 g/mol. The number of ether oxygens (including phenoxy) is 1. The van der Waals surface area contributed by atoms with Gasteiger partial charge in [0.05, 0.1) is 5.56 Å². The normalized spacial score (nSPS) is 13.7. The first-order valence-electron chi connectivity index (χ1n) is 7.92. The van der Waals surface area contributed by atoms with Gasteiger partial charge < -0.3 is 14.9 Å². The number of benzene rings is 1. The Morgan fingerprint density at radius 2 is 1.92 bits per heavy atom. The summed E-state index contributed by atoms with van der Waals surface area (Å²) < 4.78 is 41.0. The van der Waals surface area contributed by atoms with Crippen molar-refractivity contribution in [3.8, 4) is 5.75 Å². The van der Waals surface area contributed by atoms with Crippen LogP contribution in [-0.4, -0.2) is 17.3 Å². The number of hydrogen-bond donors (Lipinski definition) is 2. The lowest BCUT2D eigenvalue weighted by atomic mass is 9.89. The van der Waals surface area contributed by atoms with Crippen molar-refractivity contribution >= 4 is 17.5 Å². The van der Waals surface area contributed by atoms with Crippen LogP contribution in [0.5, 0.6) is 5.75 Å². The van der Waals surface area contributed by atoms with Crippen molar-refractivity contribution in [3.05, 3.63) is 47.2 Å². The summed E-state index contributed by atoms with van der Waals surface area (Å²) in [5.41, 5.74) is 2.33. The first-order valence-corrected chi connectivity index (χ1v) is 7.92. The molecule has 0 saturated heterocycles. The summed E-state index contributed by atoms with van der Waals surface area (Å²) in [5.74, 6) is 4.45. The Balaban J connectivity index is 1.91. The topological polar surface area (TPSA) is 86.5 Å². The van der Waals surface area contributed by atoms with Crippen LogP contribution in [0.25, 0.3) is 0 Å². The zero-order valence-corrected chi connectivity index (χ0v) is 13.6. The van der Waals surface area contributed by atoms with E-state index in [-0.39, 0.29) is 5.75 Å². The first kappa shape index (κ1) is 18.0. The number of rotatable bonds is 4. The molecule has 6 nitrogen and oxygen atoms in total. The average molecular weight is 367 g/mol. The summed E-state index contributed by atoms with van der Waals surface area (Å²) in [5, 5.41) is 3.00. The number of nitrogens with one attached hydrogen (secondary N) is 1. The van der Waals surface area contributed by atoms with Crippen LogP contribution in [0, 0.1) is 0 Å². The highest BCUT2D eigenvalue weighted by molar-refractivity contribution is 5.91. The van der Waals surface area contributed by atoms with Gasteiger partial charge in [-0.2, -0.15) is 5.90 Å². The largest absolute Gasteiger partial charge is 0.573 e. The van der Waals surface area contributed by atoms with E-state index in [0.717, 1.165) is 24.0 Å². The van der Waals surface area contributed by atoms with Gasteiger partial charge in [-0.15, -0.1) is 13.2 Å². The molecule has 138 valence electrons. The molecule has 1 heterocycles. The number of pyridine rings is 1. The Morgan fingerprint density at radius 3 is 2.62 bits per heavy atom. The fourth-order valence-corrected chi connectivity index (χ4v) is 3.00. The van der Waals surface area contributed by atoms with Crippen molar-refractivity contribution < 1.29 is 27.5 Å². The second-order valence-electron chi connectivity index (χ2n) is 5.79. The lowest BCUT2D eigenvalue weighted by Gasteiger charge is -2.21. The smallest absolute Gasteiger partial charge is 0.406 e. The summed E-state index contributed by atoms with van der Waals surface area (Å²) in [4.78, 5) is 20.3. The molecule has 2 aromatic rings. The molecule has 3 rings (SSSR count). The Kier molecular flexibility index (Phi) is 4.99. The molecule has 0 fully saturated rings. The molecule has 0 amide bonds. The predicted molar refractivity (Wildman–Crippen MR) is 86.9 cm³/mol. The summed E-state index contributed by atoms with van der Waals surface area (Å²) >= 11 is 0. The van der Waals surface area contributed by atoms with Crippen LogP contribution in [0.4, 0.5) is 24.7 Å².